The first kappa shape index (κ1) is 14.2. The van der Waals surface area contributed by atoms with E-state index < -0.39 is 5.97 Å². The molecule has 1 aromatic heterocycles. The summed E-state index contributed by atoms with van der Waals surface area (Å²) in [7, 11) is 0. The molecule has 0 spiro atoms. The largest absolute Gasteiger partial charge is 0.477 e. The van der Waals surface area contributed by atoms with E-state index in [9.17, 15) is 9.59 Å². The molecule has 0 radical (unpaired) electrons. The third-order valence-electron chi connectivity index (χ3n) is 3.48. The Morgan fingerprint density at radius 3 is 2.86 bits per heavy atom. The van der Waals surface area contributed by atoms with Crippen molar-refractivity contribution < 1.29 is 14.7 Å². The number of aromatic carboxylic acids is 1. The number of thiophene rings is 1. The summed E-state index contributed by atoms with van der Waals surface area (Å²) in [5, 5.41) is 11.9. The molecular weight excluding hydrogens is 306 g/mol. The summed E-state index contributed by atoms with van der Waals surface area (Å²) in [6, 6.07) is 9.43. The SMILES string of the molecule is CSc1ccc2c(c1)NC(=O)CC2c1ccc(C(=O)O)s1. The van der Waals surface area contributed by atoms with Crippen LogP contribution in [0.2, 0.25) is 0 Å². The normalized spacial score (nSPS) is 17.2. The van der Waals surface area contributed by atoms with Gasteiger partial charge in [0, 0.05) is 27.8 Å². The molecule has 1 amide bonds. The average molecular weight is 319 g/mol. The molecule has 1 aromatic carbocycles. The molecule has 1 unspecified atom stereocenters. The molecule has 108 valence electrons. The molecule has 0 aliphatic carbocycles. The number of hydrogen-bond acceptors (Lipinski definition) is 4. The molecule has 21 heavy (non-hydrogen) atoms. The highest BCUT2D eigenvalue weighted by Gasteiger charge is 2.28. The van der Waals surface area contributed by atoms with Gasteiger partial charge in [0.1, 0.15) is 4.88 Å². The van der Waals surface area contributed by atoms with Crippen molar-refractivity contribution in [3.05, 3.63) is 45.6 Å². The van der Waals surface area contributed by atoms with Gasteiger partial charge < -0.3 is 10.4 Å². The summed E-state index contributed by atoms with van der Waals surface area (Å²) >= 11 is 2.86. The maximum Gasteiger partial charge on any atom is 0.345 e. The number of amides is 1. The highest BCUT2D eigenvalue weighted by atomic mass is 32.2. The quantitative estimate of drug-likeness (QED) is 0.848. The third kappa shape index (κ3) is 2.69. The van der Waals surface area contributed by atoms with Crippen molar-refractivity contribution >= 4 is 40.7 Å². The summed E-state index contributed by atoms with van der Waals surface area (Å²) in [6.07, 6.45) is 2.34. The van der Waals surface area contributed by atoms with E-state index in [0.717, 1.165) is 21.0 Å². The second kappa shape index (κ2) is 5.54. The van der Waals surface area contributed by atoms with Crippen molar-refractivity contribution in [1.82, 2.24) is 0 Å². The fourth-order valence-electron chi connectivity index (χ4n) is 2.48. The number of rotatable bonds is 3. The zero-order valence-corrected chi connectivity index (χ0v) is 12.9. The lowest BCUT2D eigenvalue weighted by Gasteiger charge is -2.25. The molecule has 1 aliphatic heterocycles. The van der Waals surface area contributed by atoms with Gasteiger partial charge in [0.15, 0.2) is 0 Å². The monoisotopic (exact) mass is 319 g/mol. The molecule has 0 saturated carbocycles. The average Bonchev–Trinajstić information content (AvgIpc) is 2.95. The Morgan fingerprint density at radius 2 is 2.19 bits per heavy atom. The van der Waals surface area contributed by atoms with Gasteiger partial charge in [-0.2, -0.15) is 0 Å². The molecule has 2 aromatic rings. The number of anilines is 1. The minimum absolute atomic E-state index is 0.0315. The van der Waals surface area contributed by atoms with Gasteiger partial charge >= 0.3 is 5.97 Å². The molecule has 3 rings (SSSR count). The predicted molar refractivity (Wildman–Crippen MR) is 84.6 cm³/mol. The van der Waals surface area contributed by atoms with Crippen molar-refractivity contribution in [3.8, 4) is 0 Å². The first-order valence-corrected chi connectivity index (χ1v) is 8.43. The van der Waals surface area contributed by atoms with E-state index in [1.807, 2.05) is 30.5 Å². The Kier molecular flexibility index (Phi) is 3.73. The fourth-order valence-corrected chi connectivity index (χ4v) is 3.89. The van der Waals surface area contributed by atoms with Crippen LogP contribution in [-0.2, 0) is 4.79 Å². The van der Waals surface area contributed by atoms with Crippen LogP contribution in [0.3, 0.4) is 0 Å². The standard InChI is InChI=1S/C15H13NO3S2/c1-20-8-2-3-9-10(7-14(17)16-11(9)6-8)12-4-5-13(21-12)15(18)19/h2-6,10H,7H2,1H3,(H,16,17)(H,18,19). The number of thioether (sulfide) groups is 1. The maximum absolute atomic E-state index is 11.9. The van der Waals surface area contributed by atoms with Crippen LogP contribution in [0.5, 0.6) is 0 Å². The number of carbonyl (C=O) groups is 2. The van der Waals surface area contributed by atoms with Crippen LogP contribution in [0.1, 0.15) is 32.5 Å². The Bertz CT molecular complexity index is 723. The summed E-state index contributed by atoms with van der Waals surface area (Å²) in [6.45, 7) is 0. The molecule has 2 heterocycles. The number of benzene rings is 1. The Morgan fingerprint density at radius 1 is 1.38 bits per heavy atom. The smallest absolute Gasteiger partial charge is 0.345 e. The molecule has 0 saturated heterocycles. The second-order valence-electron chi connectivity index (χ2n) is 4.77. The van der Waals surface area contributed by atoms with Crippen molar-refractivity contribution in [1.29, 1.82) is 0 Å². The Labute approximate surface area is 130 Å². The van der Waals surface area contributed by atoms with Crippen molar-refractivity contribution in [3.63, 3.8) is 0 Å². The highest BCUT2D eigenvalue weighted by molar-refractivity contribution is 7.98. The number of carbonyl (C=O) groups excluding carboxylic acids is 1. The topological polar surface area (TPSA) is 66.4 Å². The van der Waals surface area contributed by atoms with Gasteiger partial charge in [0.25, 0.3) is 0 Å². The zero-order valence-electron chi connectivity index (χ0n) is 11.3. The van der Waals surface area contributed by atoms with E-state index >= 15 is 0 Å². The Hall–Kier alpha value is -1.79. The van der Waals surface area contributed by atoms with Gasteiger partial charge in [0.2, 0.25) is 5.91 Å². The van der Waals surface area contributed by atoms with Gasteiger partial charge in [-0.25, -0.2) is 4.79 Å². The molecule has 4 nitrogen and oxygen atoms in total. The lowest BCUT2D eigenvalue weighted by atomic mass is 9.89. The minimum Gasteiger partial charge on any atom is -0.477 e. The van der Waals surface area contributed by atoms with Gasteiger partial charge in [-0.3, -0.25) is 4.79 Å². The molecule has 0 fully saturated rings. The van der Waals surface area contributed by atoms with Crippen LogP contribution < -0.4 is 5.32 Å². The maximum atomic E-state index is 11.9. The van der Waals surface area contributed by atoms with Crippen LogP contribution in [0, 0.1) is 0 Å². The van der Waals surface area contributed by atoms with E-state index in [1.165, 1.54) is 11.3 Å². The molecular formula is C15H13NO3S2. The molecule has 1 atom stereocenters. The number of carboxylic acids is 1. The minimum atomic E-state index is -0.926. The predicted octanol–water partition coefficient (Wildman–Crippen LogP) is 3.64. The van der Waals surface area contributed by atoms with E-state index in [4.69, 9.17) is 5.11 Å². The van der Waals surface area contributed by atoms with E-state index in [1.54, 1.807) is 17.8 Å². The van der Waals surface area contributed by atoms with E-state index in [-0.39, 0.29) is 11.8 Å². The zero-order chi connectivity index (χ0) is 15.0. The number of hydrogen-bond donors (Lipinski definition) is 2. The summed E-state index contributed by atoms with van der Waals surface area (Å²) < 4.78 is 0. The number of fused-ring (bicyclic) bond motifs is 1. The molecule has 2 N–H and O–H groups in total. The molecule has 0 bridgehead atoms. The summed E-state index contributed by atoms with van der Waals surface area (Å²) in [5.74, 6) is -1.02. The van der Waals surface area contributed by atoms with Crippen molar-refractivity contribution in [2.24, 2.45) is 0 Å². The van der Waals surface area contributed by atoms with E-state index in [0.29, 0.717) is 11.3 Å². The van der Waals surface area contributed by atoms with Gasteiger partial charge in [-0.05, 0) is 36.1 Å². The van der Waals surface area contributed by atoms with Gasteiger partial charge in [-0.1, -0.05) is 6.07 Å². The molecule has 1 aliphatic rings. The van der Waals surface area contributed by atoms with Crippen LogP contribution >= 0.6 is 23.1 Å². The van der Waals surface area contributed by atoms with Crippen molar-refractivity contribution in [2.75, 3.05) is 11.6 Å². The molecule has 6 heteroatoms. The Balaban J connectivity index is 2.03. The lowest BCUT2D eigenvalue weighted by Crippen LogP contribution is -2.23. The van der Waals surface area contributed by atoms with Crippen LogP contribution in [0.4, 0.5) is 5.69 Å². The number of carboxylic acid groups (broad SMARTS) is 1. The van der Waals surface area contributed by atoms with Crippen LogP contribution in [0.25, 0.3) is 0 Å². The highest BCUT2D eigenvalue weighted by Crippen LogP contribution is 2.41. The first-order valence-electron chi connectivity index (χ1n) is 6.39. The van der Waals surface area contributed by atoms with Gasteiger partial charge in [0.05, 0.1) is 0 Å². The third-order valence-corrected chi connectivity index (χ3v) is 5.39. The van der Waals surface area contributed by atoms with Crippen LogP contribution in [0.15, 0.2) is 35.2 Å². The fraction of sp³-hybridized carbons (Fsp3) is 0.200. The van der Waals surface area contributed by atoms with Crippen molar-refractivity contribution in [2.45, 2.75) is 17.2 Å². The number of nitrogens with one attached hydrogen (secondary N) is 1. The van der Waals surface area contributed by atoms with E-state index in [2.05, 4.69) is 5.32 Å². The summed E-state index contributed by atoms with van der Waals surface area (Å²) in [5.41, 5.74) is 1.87. The van der Waals surface area contributed by atoms with Crippen LogP contribution in [-0.4, -0.2) is 23.2 Å². The lowest BCUT2D eigenvalue weighted by molar-refractivity contribution is -0.116. The first-order chi connectivity index (χ1) is 10.1. The summed E-state index contributed by atoms with van der Waals surface area (Å²) in [4.78, 5) is 25.2. The second-order valence-corrected chi connectivity index (χ2v) is 6.76. The van der Waals surface area contributed by atoms with Gasteiger partial charge in [-0.15, -0.1) is 23.1 Å².